The van der Waals surface area contributed by atoms with Crippen molar-refractivity contribution < 1.29 is 14.3 Å². The van der Waals surface area contributed by atoms with Gasteiger partial charge in [-0.2, -0.15) is 5.26 Å². The molecule has 0 saturated heterocycles. The molecule has 6 heteroatoms. The largest absolute Gasteiger partial charge is 0.483 e. The van der Waals surface area contributed by atoms with Crippen LogP contribution in [0.5, 0.6) is 5.75 Å². The fraction of sp³-hybridized carbons (Fsp3) is 0.167. The van der Waals surface area contributed by atoms with Gasteiger partial charge in [-0.3, -0.25) is 9.59 Å². The van der Waals surface area contributed by atoms with Gasteiger partial charge in [-0.05, 0) is 31.2 Å². The molecular weight excluding hydrogens is 324 g/mol. The van der Waals surface area contributed by atoms with Crippen molar-refractivity contribution in [3.8, 4) is 11.8 Å². The normalized spacial score (nSPS) is 9.83. The zero-order valence-electron chi connectivity index (χ0n) is 13.1. The standard InChI is InChI=1S/C18H16N2O3S/c1-13(21)14-6-2-4-8-16(14)23-12-18(22)20-15-7-3-5-9-17(15)24-11-10-19/h2-9H,11-12H2,1H3,(H,20,22). The number of thioether (sulfide) groups is 1. The van der Waals surface area contributed by atoms with Crippen LogP contribution in [0, 0.1) is 11.3 Å². The molecule has 0 aliphatic rings. The Labute approximate surface area is 144 Å². The third-order valence-corrected chi connectivity index (χ3v) is 4.02. The van der Waals surface area contributed by atoms with Gasteiger partial charge in [0.25, 0.3) is 5.91 Å². The van der Waals surface area contributed by atoms with Crippen molar-refractivity contribution in [2.75, 3.05) is 17.7 Å². The molecule has 0 aliphatic carbocycles. The van der Waals surface area contributed by atoms with E-state index in [0.717, 1.165) is 4.90 Å². The van der Waals surface area contributed by atoms with Crippen molar-refractivity contribution in [1.29, 1.82) is 5.26 Å². The second kappa shape index (κ2) is 8.75. The molecule has 0 heterocycles. The van der Waals surface area contributed by atoms with E-state index in [-0.39, 0.29) is 18.3 Å². The van der Waals surface area contributed by atoms with E-state index in [1.807, 2.05) is 12.1 Å². The zero-order valence-corrected chi connectivity index (χ0v) is 13.9. The van der Waals surface area contributed by atoms with Crippen LogP contribution in [0.15, 0.2) is 53.4 Å². The SMILES string of the molecule is CC(=O)c1ccccc1OCC(=O)Nc1ccccc1SCC#N. The number of ether oxygens (including phenoxy) is 1. The molecule has 0 atom stereocenters. The van der Waals surface area contributed by atoms with Crippen LogP contribution >= 0.6 is 11.8 Å². The lowest BCUT2D eigenvalue weighted by molar-refractivity contribution is -0.118. The molecule has 0 saturated carbocycles. The van der Waals surface area contributed by atoms with E-state index in [1.54, 1.807) is 36.4 Å². The minimum atomic E-state index is -0.335. The average molecular weight is 340 g/mol. The molecule has 0 unspecified atom stereocenters. The molecule has 2 aromatic carbocycles. The summed E-state index contributed by atoms with van der Waals surface area (Å²) in [5.74, 6) is 0.227. The van der Waals surface area contributed by atoms with E-state index in [4.69, 9.17) is 10.00 Å². The Bertz CT molecular complexity index is 784. The Morgan fingerprint density at radius 2 is 1.88 bits per heavy atom. The summed E-state index contributed by atoms with van der Waals surface area (Å²) in [7, 11) is 0. The monoisotopic (exact) mass is 340 g/mol. The second-order valence-electron chi connectivity index (χ2n) is 4.83. The van der Waals surface area contributed by atoms with Gasteiger partial charge in [0.2, 0.25) is 0 Å². The molecule has 1 N–H and O–H groups in total. The summed E-state index contributed by atoms with van der Waals surface area (Å²) in [4.78, 5) is 24.5. The molecule has 0 fully saturated rings. The highest BCUT2D eigenvalue weighted by Gasteiger charge is 2.11. The van der Waals surface area contributed by atoms with E-state index < -0.39 is 0 Å². The van der Waals surface area contributed by atoms with Gasteiger partial charge in [0, 0.05) is 4.90 Å². The lowest BCUT2D eigenvalue weighted by Gasteiger charge is -2.12. The van der Waals surface area contributed by atoms with E-state index in [9.17, 15) is 9.59 Å². The maximum absolute atomic E-state index is 12.1. The fourth-order valence-corrected chi connectivity index (χ4v) is 2.69. The van der Waals surface area contributed by atoms with Crippen molar-refractivity contribution in [3.63, 3.8) is 0 Å². The van der Waals surface area contributed by atoms with Crippen LogP contribution in [0.2, 0.25) is 0 Å². The Morgan fingerprint density at radius 3 is 2.62 bits per heavy atom. The van der Waals surface area contributed by atoms with E-state index in [2.05, 4.69) is 11.4 Å². The summed E-state index contributed by atoms with van der Waals surface area (Å²) in [5.41, 5.74) is 1.07. The number of amides is 1. The first-order chi connectivity index (χ1) is 11.6. The number of ketones is 1. The minimum Gasteiger partial charge on any atom is -0.483 e. The van der Waals surface area contributed by atoms with Gasteiger partial charge in [-0.1, -0.05) is 24.3 Å². The number of nitriles is 1. The highest BCUT2D eigenvalue weighted by molar-refractivity contribution is 7.99. The van der Waals surface area contributed by atoms with Crippen LogP contribution in [0.25, 0.3) is 0 Å². The molecule has 0 aromatic heterocycles. The summed E-state index contributed by atoms with van der Waals surface area (Å²) >= 11 is 1.35. The van der Waals surface area contributed by atoms with Crippen molar-refractivity contribution in [1.82, 2.24) is 0 Å². The van der Waals surface area contributed by atoms with Crippen LogP contribution in [0.3, 0.4) is 0 Å². The van der Waals surface area contributed by atoms with Gasteiger partial charge in [-0.25, -0.2) is 0 Å². The number of para-hydroxylation sites is 2. The number of rotatable bonds is 7. The van der Waals surface area contributed by atoms with Crippen LogP contribution in [-0.4, -0.2) is 24.1 Å². The number of benzene rings is 2. The van der Waals surface area contributed by atoms with Crippen LogP contribution in [0.1, 0.15) is 17.3 Å². The maximum Gasteiger partial charge on any atom is 0.262 e. The lowest BCUT2D eigenvalue weighted by atomic mass is 10.1. The summed E-state index contributed by atoms with van der Waals surface area (Å²) < 4.78 is 5.46. The lowest BCUT2D eigenvalue weighted by Crippen LogP contribution is -2.21. The Balaban J connectivity index is 2.00. The minimum absolute atomic E-state index is 0.121. The van der Waals surface area contributed by atoms with Gasteiger partial charge in [-0.15, -0.1) is 11.8 Å². The smallest absolute Gasteiger partial charge is 0.262 e. The zero-order chi connectivity index (χ0) is 17.4. The Kier molecular flexibility index (Phi) is 6.41. The third kappa shape index (κ3) is 4.86. The molecular formula is C18H16N2O3S. The summed E-state index contributed by atoms with van der Waals surface area (Å²) in [6.07, 6.45) is 0. The highest BCUT2D eigenvalue weighted by atomic mass is 32.2. The molecule has 122 valence electrons. The molecule has 0 spiro atoms. The first-order valence-corrected chi connectivity index (χ1v) is 8.21. The number of carbonyl (C=O) groups excluding carboxylic acids is 2. The fourth-order valence-electron chi connectivity index (χ4n) is 2.02. The number of hydrogen-bond donors (Lipinski definition) is 1. The van der Waals surface area contributed by atoms with Crippen LogP contribution in [0.4, 0.5) is 5.69 Å². The molecule has 0 radical (unpaired) electrons. The topological polar surface area (TPSA) is 79.2 Å². The van der Waals surface area contributed by atoms with Gasteiger partial charge >= 0.3 is 0 Å². The predicted octanol–water partition coefficient (Wildman–Crippen LogP) is 3.52. The van der Waals surface area contributed by atoms with Crippen molar-refractivity contribution in [3.05, 3.63) is 54.1 Å². The Morgan fingerprint density at radius 1 is 1.17 bits per heavy atom. The van der Waals surface area contributed by atoms with Crippen LogP contribution in [-0.2, 0) is 4.79 Å². The number of carbonyl (C=O) groups is 2. The number of Topliss-reactive ketones (excluding diaryl/α,β-unsaturated/α-hetero) is 1. The molecule has 24 heavy (non-hydrogen) atoms. The first-order valence-electron chi connectivity index (χ1n) is 7.23. The molecule has 0 aliphatic heterocycles. The van der Waals surface area contributed by atoms with Gasteiger partial charge in [0.05, 0.1) is 23.1 Å². The van der Waals surface area contributed by atoms with Crippen molar-refractivity contribution in [2.24, 2.45) is 0 Å². The van der Waals surface area contributed by atoms with E-state index in [0.29, 0.717) is 22.8 Å². The first kappa shape index (κ1) is 17.6. The van der Waals surface area contributed by atoms with E-state index in [1.165, 1.54) is 18.7 Å². The number of nitrogens with zero attached hydrogens (tertiary/aromatic N) is 1. The van der Waals surface area contributed by atoms with Crippen molar-refractivity contribution >= 4 is 29.1 Å². The maximum atomic E-state index is 12.1. The third-order valence-electron chi connectivity index (χ3n) is 3.08. The van der Waals surface area contributed by atoms with Gasteiger partial charge in [0.1, 0.15) is 5.75 Å². The quantitative estimate of drug-likeness (QED) is 0.616. The summed E-state index contributed by atoms with van der Waals surface area (Å²) in [6.45, 7) is 1.24. The molecule has 1 amide bonds. The second-order valence-corrected chi connectivity index (χ2v) is 5.85. The number of nitrogens with one attached hydrogen (secondary N) is 1. The number of anilines is 1. The van der Waals surface area contributed by atoms with Crippen molar-refractivity contribution in [2.45, 2.75) is 11.8 Å². The molecule has 2 aromatic rings. The Hall–Kier alpha value is -2.78. The van der Waals surface area contributed by atoms with E-state index >= 15 is 0 Å². The van der Waals surface area contributed by atoms with Crippen LogP contribution < -0.4 is 10.1 Å². The van der Waals surface area contributed by atoms with Gasteiger partial charge in [0.15, 0.2) is 12.4 Å². The summed E-state index contributed by atoms with van der Waals surface area (Å²) in [5, 5.41) is 11.4. The van der Waals surface area contributed by atoms with Gasteiger partial charge < -0.3 is 10.1 Å². The molecule has 0 bridgehead atoms. The average Bonchev–Trinajstić information content (AvgIpc) is 2.59. The molecule has 2 rings (SSSR count). The predicted molar refractivity (Wildman–Crippen MR) is 93.4 cm³/mol. The molecule has 5 nitrogen and oxygen atoms in total. The summed E-state index contributed by atoms with van der Waals surface area (Å²) in [6, 6.07) is 16.1. The highest BCUT2D eigenvalue weighted by Crippen LogP contribution is 2.26. The number of hydrogen-bond acceptors (Lipinski definition) is 5.